The van der Waals surface area contributed by atoms with E-state index in [0.29, 0.717) is 6.61 Å². The minimum Gasteiger partial charge on any atom is -0.452 e. The Morgan fingerprint density at radius 2 is 2.00 bits per heavy atom. The maximum Gasteiger partial charge on any atom is 0.338 e. The number of ether oxygens (including phenoxy) is 3. The predicted octanol–water partition coefficient (Wildman–Crippen LogP) is -0.234. The highest BCUT2D eigenvalue weighted by molar-refractivity contribution is 7.89. The second-order valence-corrected chi connectivity index (χ2v) is 7.49. The van der Waals surface area contributed by atoms with Gasteiger partial charge in [-0.1, -0.05) is 0 Å². The SMILES string of the molecule is COCCNC(=O)COC(=O)c1ccc(F)c(S(=O)(=O)N2CCOCC2)c1. The summed E-state index contributed by atoms with van der Waals surface area (Å²) >= 11 is 0. The van der Waals surface area contributed by atoms with Gasteiger partial charge in [0.25, 0.3) is 5.91 Å². The van der Waals surface area contributed by atoms with Gasteiger partial charge in [-0.3, -0.25) is 4.79 Å². The highest BCUT2D eigenvalue weighted by atomic mass is 32.2. The van der Waals surface area contributed by atoms with Gasteiger partial charge in [-0.2, -0.15) is 4.31 Å². The monoisotopic (exact) mass is 404 g/mol. The Morgan fingerprint density at radius 1 is 1.30 bits per heavy atom. The quantitative estimate of drug-likeness (QED) is 0.470. The van der Waals surface area contributed by atoms with E-state index in [1.807, 2.05) is 0 Å². The molecule has 1 amide bonds. The molecule has 2 rings (SSSR count). The zero-order valence-corrected chi connectivity index (χ0v) is 15.6. The number of nitrogens with one attached hydrogen (secondary N) is 1. The molecule has 0 radical (unpaired) electrons. The van der Waals surface area contributed by atoms with Crippen LogP contribution in [-0.2, 0) is 29.0 Å². The van der Waals surface area contributed by atoms with Crippen molar-refractivity contribution in [2.75, 3.05) is 53.2 Å². The molecule has 1 aliphatic rings. The van der Waals surface area contributed by atoms with E-state index in [9.17, 15) is 22.4 Å². The standard InChI is InChI=1S/C16H21FN2O7S/c1-24-7-4-18-15(20)11-26-16(21)12-2-3-13(17)14(10-12)27(22,23)19-5-8-25-9-6-19/h2-3,10H,4-9,11H2,1H3,(H,18,20). The van der Waals surface area contributed by atoms with Gasteiger partial charge in [0.1, 0.15) is 10.7 Å². The molecular formula is C16H21FN2O7S. The molecule has 1 aliphatic heterocycles. The van der Waals surface area contributed by atoms with Crippen LogP contribution in [0.4, 0.5) is 4.39 Å². The highest BCUT2D eigenvalue weighted by Crippen LogP contribution is 2.22. The lowest BCUT2D eigenvalue weighted by Crippen LogP contribution is -2.41. The van der Waals surface area contributed by atoms with E-state index in [0.717, 1.165) is 22.5 Å². The molecule has 0 bridgehead atoms. The second kappa shape index (κ2) is 9.74. The van der Waals surface area contributed by atoms with Crippen LogP contribution in [0.3, 0.4) is 0 Å². The van der Waals surface area contributed by atoms with E-state index in [1.165, 1.54) is 7.11 Å². The van der Waals surface area contributed by atoms with Gasteiger partial charge < -0.3 is 19.5 Å². The third-order valence-corrected chi connectivity index (χ3v) is 5.63. The Hall–Kier alpha value is -2.08. The Balaban J connectivity index is 2.07. The average molecular weight is 404 g/mol. The van der Waals surface area contributed by atoms with Crippen molar-refractivity contribution in [3.8, 4) is 0 Å². The lowest BCUT2D eigenvalue weighted by atomic mass is 10.2. The van der Waals surface area contributed by atoms with Gasteiger partial charge in [-0.05, 0) is 18.2 Å². The largest absolute Gasteiger partial charge is 0.452 e. The smallest absolute Gasteiger partial charge is 0.338 e. The first-order valence-electron chi connectivity index (χ1n) is 8.16. The minimum atomic E-state index is -4.12. The summed E-state index contributed by atoms with van der Waals surface area (Å²) in [5.41, 5.74) is -0.173. The topological polar surface area (TPSA) is 111 Å². The number of halogens is 1. The third-order valence-electron chi connectivity index (χ3n) is 3.72. The minimum absolute atomic E-state index is 0.0953. The zero-order valence-electron chi connectivity index (χ0n) is 14.8. The van der Waals surface area contributed by atoms with Crippen LogP contribution in [0.25, 0.3) is 0 Å². The molecule has 0 saturated carbocycles. The van der Waals surface area contributed by atoms with Crippen LogP contribution in [0.5, 0.6) is 0 Å². The molecule has 0 spiro atoms. The number of carbonyl (C=O) groups is 2. The van der Waals surface area contributed by atoms with Gasteiger partial charge in [-0.25, -0.2) is 17.6 Å². The summed E-state index contributed by atoms with van der Waals surface area (Å²) in [6.45, 7) is 0.620. The first-order valence-corrected chi connectivity index (χ1v) is 9.60. The van der Waals surface area contributed by atoms with E-state index in [1.54, 1.807) is 0 Å². The summed E-state index contributed by atoms with van der Waals surface area (Å²) in [6, 6.07) is 2.88. The van der Waals surface area contributed by atoms with Gasteiger partial charge >= 0.3 is 5.97 Å². The first-order chi connectivity index (χ1) is 12.9. The molecule has 0 atom stereocenters. The number of rotatable bonds is 8. The van der Waals surface area contributed by atoms with Crippen molar-refractivity contribution >= 4 is 21.9 Å². The molecule has 27 heavy (non-hydrogen) atoms. The Kier molecular flexibility index (Phi) is 7.66. The molecule has 9 nitrogen and oxygen atoms in total. The summed E-state index contributed by atoms with van der Waals surface area (Å²) < 4.78 is 55.1. The molecule has 1 aromatic carbocycles. The molecule has 1 N–H and O–H groups in total. The highest BCUT2D eigenvalue weighted by Gasteiger charge is 2.30. The van der Waals surface area contributed by atoms with Gasteiger partial charge in [0.05, 0.1) is 25.4 Å². The average Bonchev–Trinajstić information content (AvgIpc) is 2.67. The van der Waals surface area contributed by atoms with Gasteiger partial charge in [0, 0.05) is 26.7 Å². The molecule has 150 valence electrons. The number of hydrogen-bond acceptors (Lipinski definition) is 7. The van der Waals surface area contributed by atoms with Crippen LogP contribution in [0.15, 0.2) is 23.1 Å². The fraction of sp³-hybridized carbons (Fsp3) is 0.500. The molecule has 1 fully saturated rings. The zero-order chi connectivity index (χ0) is 19.9. The van der Waals surface area contributed by atoms with E-state index in [-0.39, 0.29) is 38.4 Å². The normalized spacial score (nSPS) is 15.3. The molecule has 0 aliphatic carbocycles. The van der Waals surface area contributed by atoms with Crippen molar-refractivity contribution < 1.29 is 36.6 Å². The number of nitrogens with zero attached hydrogens (tertiary/aromatic N) is 1. The predicted molar refractivity (Wildman–Crippen MR) is 91.1 cm³/mol. The fourth-order valence-corrected chi connectivity index (χ4v) is 3.81. The number of benzene rings is 1. The van der Waals surface area contributed by atoms with E-state index in [2.05, 4.69) is 5.32 Å². The maximum atomic E-state index is 14.1. The molecule has 11 heteroatoms. The van der Waals surface area contributed by atoms with Crippen LogP contribution < -0.4 is 5.32 Å². The summed E-state index contributed by atoms with van der Waals surface area (Å²) in [6.07, 6.45) is 0. The number of morpholine rings is 1. The first kappa shape index (κ1) is 21.2. The van der Waals surface area contributed by atoms with Crippen LogP contribution in [0.2, 0.25) is 0 Å². The molecule has 0 unspecified atom stereocenters. The van der Waals surface area contributed by atoms with Crippen molar-refractivity contribution in [2.45, 2.75) is 4.90 Å². The van der Waals surface area contributed by atoms with E-state index in [4.69, 9.17) is 14.2 Å². The lowest BCUT2D eigenvalue weighted by Gasteiger charge is -2.26. The van der Waals surface area contributed by atoms with E-state index < -0.39 is 39.2 Å². The number of sulfonamides is 1. The van der Waals surface area contributed by atoms with E-state index >= 15 is 0 Å². The number of amides is 1. The molecule has 1 saturated heterocycles. The van der Waals surface area contributed by atoms with Gasteiger partial charge in [0.15, 0.2) is 6.61 Å². The summed E-state index contributed by atoms with van der Waals surface area (Å²) in [4.78, 5) is 23.0. The number of esters is 1. The van der Waals surface area contributed by atoms with Crippen LogP contribution in [-0.4, -0.2) is 77.8 Å². The summed E-state index contributed by atoms with van der Waals surface area (Å²) in [5.74, 6) is -2.45. The van der Waals surface area contributed by atoms with Crippen LogP contribution in [0, 0.1) is 5.82 Å². The van der Waals surface area contributed by atoms with Crippen LogP contribution in [0.1, 0.15) is 10.4 Å². The third kappa shape index (κ3) is 5.70. The Bertz CT molecular complexity index is 779. The van der Waals surface area contributed by atoms with Crippen molar-refractivity contribution in [1.29, 1.82) is 0 Å². The van der Waals surface area contributed by atoms with Crippen molar-refractivity contribution in [3.05, 3.63) is 29.6 Å². The lowest BCUT2D eigenvalue weighted by molar-refractivity contribution is -0.124. The summed E-state index contributed by atoms with van der Waals surface area (Å²) in [5, 5.41) is 2.46. The number of hydrogen-bond donors (Lipinski definition) is 1. The van der Waals surface area contributed by atoms with Crippen molar-refractivity contribution in [1.82, 2.24) is 9.62 Å². The van der Waals surface area contributed by atoms with Crippen molar-refractivity contribution in [2.24, 2.45) is 0 Å². The van der Waals surface area contributed by atoms with Crippen LogP contribution >= 0.6 is 0 Å². The maximum absolute atomic E-state index is 14.1. The summed E-state index contributed by atoms with van der Waals surface area (Å²) in [7, 11) is -2.64. The fourth-order valence-electron chi connectivity index (χ4n) is 2.31. The van der Waals surface area contributed by atoms with Gasteiger partial charge in [-0.15, -0.1) is 0 Å². The molecule has 1 heterocycles. The Morgan fingerprint density at radius 3 is 2.67 bits per heavy atom. The van der Waals surface area contributed by atoms with Crippen molar-refractivity contribution in [3.63, 3.8) is 0 Å². The molecule has 0 aromatic heterocycles. The second-order valence-electron chi connectivity index (χ2n) is 5.58. The van der Waals surface area contributed by atoms with Gasteiger partial charge in [0.2, 0.25) is 10.0 Å². The molecule has 1 aromatic rings. The number of carbonyl (C=O) groups excluding carboxylic acids is 2. The molecular weight excluding hydrogens is 383 g/mol. The Labute approximate surface area is 156 Å². The number of methoxy groups -OCH3 is 1.